The Morgan fingerprint density at radius 3 is 2.29 bits per heavy atom. The van der Waals surface area contributed by atoms with E-state index in [2.05, 4.69) is 15.2 Å². The molecule has 0 fully saturated rings. The van der Waals surface area contributed by atoms with Crippen molar-refractivity contribution >= 4 is 5.97 Å². The number of nitrogens with zero attached hydrogens (tertiary/aromatic N) is 4. The molecule has 0 atom stereocenters. The van der Waals surface area contributed by atoms with E-state index in [4.69, 9.17) is 9.15 Å². The molecule has 3 aromatic carbocycles. The van der Waals surface area contributed by atoms with Crippen molar-refractivity contribution in [2.45, 2.75) is 13.3 Å². The zero-order chi connectivity index (χ0) is 24.2. The van der Waals surface area contributed by atoms with E-state index in [-0.39, 0.29) is 5.69 Å². The molecule has 0 saturated carbocycles. The maximum Gasteiger partial charge on any atom is 0.358 e. The number of carbonyl (C=O) groups is 1. The second kappa shape index (κ2) is 9.64. The SMILES string of the molecule is Cc1oc(-c2ccccc2)nc1CCOc1ccc(-c2nn(-c3ccccc3)nc2C(=O)O)cc1. The summed E-state index contributed by atoms with van der Waals surface area (Å²) < 4.78 is 11.7. The summed E-state index contributed by atoms with van der Waals surface area (Å²) in [5.74, 6) is 0.886. The Bertz CT molecular complexity index is 1440. The molecular formula is C27H22N4O4. The lowest BCUT2D eigenvalue weighted by Gasteiger charge is -2.06. The zero-order valence-corrected chi connectivity index (χ0v) is 19.0. The van der Waals surface area contributed by atoms with Crippen LogP contribution < -0.4 is 4.74 Å². The van der Waals surface area contributed by atoms with Gasteiger partial charge in [0.1, 0.15) is 17.2 Å². The molecule has 0 aliphatic heterocycles. The Hall–Kier alpha value is -4.72. The molecule has 8 nitrogen and oxygen atoms in total. The fraction of sp³-hybridized carbons (Fsp3) is 0.111. The average Bonchev–Trinajstić information content (AvgIpc) is 3.50. The first-order valence-electron chi connectivity index (χ1n) is 11.1. The smallest absolute Gasteiger partial charge is 0.358 e. The van der Waals surface area contributed by atoms with Gasteiger partial charge in [0.05, 0.1) is 18.0 Å². The zero-order valence-electron chi connectivity index (χ0n) is 19.0. The van der Waals surface area contributed by atoms with Crippen molar-refractivity contribution in [1.29, 1.82) is 0 Å². The quantitative estimate of drug-likeness (QED) is 0.334. The summed E-state index contributed by atoms with van der Waals surface area (Å²) in [6, 6.07) is 26.1. The van der Waals surface area contributed by atoms with Gasteiger partial charge >= 0.3 is 5.97 Å². The summed E-state index contributed by atoms with van der Waals surface area (Å²) in [5.41, 5.74) is 3.28. The maximum absolute atomic E-state index is 11.7. The van der Waals surface area contributed by atoms with Crippen LogP contribution in [0.25, 0.3) is 28.4 Å². The van der Waals surface area contributed by atoms with Gasteiger partial charge in [0.2, 0.25) is 5.89 Å². The fourth-order valence-electron chi connectivity index (χ4n) is 3.66. The number of ether oxygens (including phenoxy) is 1. The first-order chi connectivity index (χ1) is 17.1. The van der Waals surface area contributed by atoms with E-state index in [1.807, 2.05) is 67.6 Å². The van der Waals surface area contributed by atoms with Gasteiger partial charge in [-0.25, -0.2) is 9.78 Å². The van der Waals surface area contributed by atoms with Crippen molar-refractivity contribution in [1.82, 2.24) is 20.0 Å². The summed E-state index contributed by atoms with van der Waals surface area (Å²) in [7, 11) is 0. The third-order valence-electron chi connectivity index (χ3n) is 5.45. The predicted molar refractivity (Wildman–Crippen MR) is 130 cm³/mol. The molecule has 0 aliphatic carbocycles. The van der Waals surface area contributed by atoms with Crippen LogP contribution in [0.1, 0.15) is 21.9 Å². The van der Waals surface area contributed by atoms with Gasteiger partial charge in [0.25, 0.3) is 0 Å². The van der Waals surface area contributed by atoms with E-state index < -0.39 is 5.97 Å². The first kappa shape index (κ1) is 22.1. The van der Waals surface area contributed by atoms with Gasteiger partial charge in [-0.05, 0) is 55.5 Å². The van der Waals surface area contributed by atoms with Crippen LogP contribution in [0.15, 0.2) is 89.3 Å². The minimum absolute atomic E-state index is 0.113. The van der Waals surface area contributed by atoms with E-state index in [1.165, 1.54) is 4.80 Å². The Kier molecular flexibility index (Phi) is 6.09. The summed E-state index contributed by atoms with van der Waals surface area (Å²) in [5, 5.41) is 18.2. The molecule has 8 heteroatoms. The molecule has 2 heterocycles. The molecule has 0 unspecified atom stereocenters. The minimum Gasteiger partial charge on any atom is -0.493 e. The maximum atomic E-state index is 11.7. The van der Waals surface area contributed by atoms with Crippen LogP contribution in [-0.2, 0) is 6.42 Å². The molecule has 0 aliphatic rings. The number of benzene rings is 3. The minimum atomic E-state index is -1.14. The number of carboxylic acids is 1. The van der Waals surface area contributed by atoms with E-state index in [0.29, 0.717) is 41.6 Å². The molecule has 1 N–H and O–H groups in total. The van der Waals surface area contributed by atoms with Gasteiger partial charge < -0.3 is 14.3 Å². The van der Waals surface area contributed by atoms with Crippen molar-refractivity contribution in [3.05, 3.63) is 102 Å². The lowest BCUT2D eigenvalue weighted by atomic mass is 10.1. The molecular weight excluding hydrogens is 444 g/mol. The molecule has 0 radical (unpaired) electrons. The van der Waals surface area contributed by atoms with Crippen molar-refractivity contribution in [3.8, 4) is 34.1 Å². The number of hydrogen-bond donors (Lipinski definition) is 1. The fourth-order valence-corrected chi connectivity index (χ4v) is 3.66. The third-order valence-corrected chi connectivity index (χ3v) is 5.45. The molecule has 0 spiro atoms. The second-order valence-corrected chi connectivity index (χ2v) is 7.84. The van der Waals surface area contributed by atoms with Crippen LogP contribution in [0.3, 0.4) is 0 Å². The number of aromatic carboxylic acids is 1. The number of hydrogen-bond acceptors (Lipinski definition) is 6. The number of rotatable bonds is 8. The van der Waals surface area contributed by atoms with E-state index in [1.54, 1.807) is 24.3 Å². The van der Waals surface area contributed by atoms with Crippen LogP contribution in [0.5, 0.6) is 5.75 Å². The van der Waals surface area contributed by atoms with Gasteiger partial charge in [0.15, 0.2) is 5.69 Å². The number of para-hydroxylation sites is 1. The Labute approximate surface area is 201 Å². The summed E-state index contributed by atoms with van der Waals surface area (Å²) in [6.45, 7) is 2.32. The molecule has 5 aromatic rings. The first-order valence-corrected chi connectivity index (χ1v) is 11.1. The lowest BCUT2D eigenvalue weighted by molar-refractivity contribution is 0.0691. The second-order valence-electron chi connectivity index (χ2n) is 7.84. The summed E-state index contributed by atoms with van der Waals surface area (Å²) >= 11 is 0. The average molecular weight is 466 g/mol. The van der Waals surface area contributed by atoms with Crippen LogP contribution in [0.2, 0.25) is 0 Å². The van der Waals surface area contributed by atoms with E-state index >= 15 is 0 Å². The molecule has 5 rings (SSSR count). The highest BCUT2D eigenvalue weighted by Crippen LogP contribution is 2.25. The van der Waals surface area contributed by atoms with Crippen molar-refractivity contribution < 1.29 is 19.1 Å². The highest BCUT2D eigenvalue weighted by molar-refractivity contribution is 5.92. The Morgan fingerprint density at radius 1 is 0.914 bits per heavy atom. The number of aromatic nitrogens is 4. The van der Waals surface area contributed by atoms with Crippen molar-refractivity contribution in [3.63, 3.8) is 0 Å². The Morgan fingerprint density at radius 2 is 1.60 bits per heavy atom. The monoisotopic (exact) mass is 466 g/mol. The van der Waals surface area contributed by atoms with Crippen LogP contribution >= 0.6 is 0 Å². The standard InChI is InChI=1S/C27H22N4O4/c1-18-23(28-26(35-18)20-8-4-2-5-9-20)16-17-34-22-14-12-19(13-15-22)24-25(27(32)33)30-31(29-24)21-10-6-3-7-11-21/h2-15H,16-17H2,1H3,(H,32,33). The molecule has 0 bridgehead atoms. The van der Waals surface area contributed by atoms with Gasteiger partial charge in [0, 0.05) is 17.5 Å². The molecule has 35 heavy (non-hydrogen) atoms. The van der Waals surface area contributed by atoms with Gasteiger partial charge in [-0.15, -0.1) is 10.2 Å². The lowest BCUT2D eigenvalue weighted by Crippen LogP contribution is -2.03. The molecule has 174 valence electrons. The molecule has 0 saturated heterocycles. The van der Waals surface area contributed by atoms with Crippen LogP contribution in [-0.4, -0.2) is 37.7 Å². The number of aryl methyl sites for hydroxylation is 1. The predicted octanol–water partition coefficient (Wildman–Crippen LogP) is 5.22. The third kappa shape index (κ3) is 4.81. The van der Waals surface area contributed by atoms with Gasteiger partial charge in [-0.1, -0.05) is 36.4 Å². The summed E-state index contributed by atoms with van der Waals surface area (Å²) in [4.78, 5) is 17.7. The van der Waals surface area contributed by atoms with Crippen LogP contribution in [0, 0.1) is 6.92 Å². The van der Waals surface area contributed by atoms with Gasteiger partial charge in [-0.3, -0.25) is 0 Å². The van der Waals surface area contributed by atoms with E-state index in [9.17, 15) is 9.90 Å². The highest BCUT2D eigenvalue weighted by Gasteiger charge is 2.20. The topological polar surface area (TPSA) is 103 Å². The molecule has 0 amide bonds. The van der Waals surface area contributed by atoms with Crippen molar-refractivity contribution in [2.24, 2.45) is 0 Å². The van der Waals surface area contributed by atoms with Crippen molar-refractivity contribution in [2.75, 3.05) is 6.61 Å². The number of carboxylic acid groups (broad SMARTS) is 1. The summed E-state index contributed by atoms with van der Waals surface area (Å²) in [6.07, 6.45) is 0.596. The largest absolute Gasteiger partial charge is 0.493 e. The van der Waals surface area contributed by atoms with E-state index in [0.717, 1.165) is 17.0 Å². The molecule has 2 aromatic heterocycles. The normalized spacial score (nSPS) is 10.9. The number of oxazole rings is 1. The van der Waals surface area contributed by atoms with Gasteiger partial charge in [-0.2, -0.15) is 4.80 Å². The van der Waals surface area contributed by atoms with Crippen LogP contribution in [0.4, 0.5) is 0 Å². The Balaban J connectivity index is 1.27. The highest BCUT2D eigenvalue weighted by atomic mass is 16.5.